The quantitative estimate of drug-likeness (QED) is 0.270. The maximum atomic E-state index is 10.3. The van der Waals surface area contributed by atoms with Crippen molar-refractivity contribution in [2.24, 2.45) is 5.73 Å². The molecule has 0 aromatic carbocycles. The fourth-order valence-corrected chi connectivity index (χ4v) is 0.348. The molecule has 0 aliphatic carbocycles. The second-order valence-electron chi connectivity index (χ2n) is 1.24. The molecule has 0 aromatic heterocycles. The van der Waals surface area contributed by atoms with E-state index in [1.807, 2.05) is 0 Å². The molecule has 0 bridgehead atoms. The predicted octanol–water partition coefficient (Wildman–Crippen LogP) is -1.39. The number of thiocarbonyl (C=S) groups is 1. The van der Waals surface area contributed by atoms with Crippen LogP contribution in [0.1, 0.15) is 0 Å². The third-order valence-electron chi connectivity index (χ3n) is 0.568. The molecule has 0 saturated carbocycles. The fraction of sp³-hybridized carbons (Fsp3) is 0. The average molecular weight is 179 g/mol. The molecule has 10 heavy (non-hydrogen) atoms. The summed E-state index contributed by atoms with van der Waals surface area (Å²) in [5.41, 5.74) is 4.84. The van der Waals surface area contributed by atoms with Crippen molar-refractivity contribution < 1.29 is 14.7 Å². The molecular weight excluding hydrogens is 176 g/mol. The lowest BCUT2D eigenvalue weighted by molar-refractivity contribution is -0.151. The van der Waals surface area contributed by atoms with Crippen molar-refractivity contribution in [3.8, 4) is 0 Å². The summed E-state index contributed by atoms with van der Waals surface area (Å²) in [5, 5.41) is 7.59. The minimum Gasteiger partial charge on any atom is -0.655 e. The van der Waals surface area contributed by atoms with Gasteiger partial charge in [0, 0.05) is 0 Å². The summed E-state index contributed by atoms with van der Waals surface area (Å²) in [6.07, 6.45) is 0. The number of nitrogens with two attached hydrogens (primary N) is 1. The van der Waals surface area contributed by atoms with Gasteiger partial charge in [-0.25, -0.2) is 4.79 Å². The van der Waals surface area contributed by atoms with Gasteiger partial charge in [0.15, 0.2) is 5.11 Å². The van der Waals surface area contributed by atoms with Gasteiger partial charge in [0.1, 0.15) is 0 Å². The largest absolute Gasteiger partial charge is 0.655 e. The Morgan fingerprint density at radius 3 is 2.10 bits per heavy atom. The zero-order valence-corrected chi connectivity index (χ0v) is 6.24. The van der Waals surface area contributed by atoms with Gasteiger partial charge in [0.2, 0.25) is 0 Å². The van der Waals surface area contributed by atoms with Crippen molar-refractivity contribution >= 4 is 42.0 Å². The van der Waals surface area contributed by atoms with Crippen LogP contribution < -0.4 is 5.73 Å². The second kappa shape index (κ2) is 3.37. The molecule has 0 fully saturated rings. The summed E-state index contributed by atoms with van der Waals surface area (Å²) in [6.45, 7) is 0. The van der Waals surface area contributed by atoms with Gasteiger partial charge in [-0.1, -0.05) is 0 Å². The number of aliphatic carboxylic acids is 1. The van der Waals surface area contributed by atoms with E-state index in [4.69, 9.17) is 10.8 Å². The number of carbonyl (C=O) groups is 2. The molecule has 0 aliphatic heterocycles. The van der Waals surface area contributed by atoms with Gasteiger partial charge in [0.25, 0.3) is 0 Å². The molecular formula is C3H3N2O3S2-. The first-order valence-corrected chi connectivity index (χ1v) is 2.78. The molecule has 0 radical (unpaired) electrons. The van der Waals surface area contributed by atoms with E-state index in [0.29, 0.717) is 0 Å². The number of amides is 1. The van der Waals surface area contributed by atoms with Crippen LogP contribution >= 0.6 is 12.2 Å². The Balaban J connectivity index is 4.22. The van der Waals surface area contributed by atoms with E-state index >= 15 is 0 Å². The van der Waals surface area contributed by atoms with Crippen LogP contribution in [0.25, 0.3) is 0 Å². The number of carboxylic acid groups (broad SMARTS) is 1. The summed E-state index contributed by atoms with van der Waals surface area (Å²) in [5.74, 6) is -3.00. The Morgan fingerprint density at radius 1 is 1.60 bits per heavy atom. The fourth-order valence-electron chi connectivity index (χ4n) is 0.187. The first-order chi connectivity index (χ1) is 4.46. The van der Waals surface area contributed by atoms with Crippen LogP contribution in [0.5, 0.6) is 0 Å². The van der Waals surface area contributed by atoms with Crippen LogP contribution in [0.3, 0.4) is 0 Å². The van der Waals surface area contributed by atoms with Gasteiger partial charge in [-0.2, -0.15) is 0 Å². The number of carboxylic acids is 1. The number of hydrogen-bond acceptors (Lipinski definition) is 4. The Bertz CT molecular complexity index is 192. The summed E-state index contributed by atoms with van der Waals surface area (Å²) in [7, 11) is 0. The summed E-state index contributed by atoms with van der Waals surface area (Å²) >= 11 is 8.43. The molecule has 0 heterocycles. The molecule has 3 N–H and O–H groups in total. The molecule has 0 saturated heterocycles. The minimum atomic E-state index is -1.68. The normalized spacial score (nSPS) is 8.50. The van der Waals surface area contributed by atoms with E-state index < -0.39 is 17.0 Å². The first-order valence-electron chi connectivity index (χ1n) is 2.00. The Morgan fingerprint density at radius 2 is 2.00 bits per heavy atom. The monoisotopic (exact) mass is 179 g/mol. The van der Waals surface area contributed by atoms with Gasteiger partial charge in [-0.3, -0.25) is 4.79 Å². The SMILES string of the molecule is NC(=S)N([S-])C(=O)C(=O)O. The molecule has 0 rings (SSSR count). The average Bonchev–Trinajstić information content (AvgIpc) is 1.84. The van der Waals surface area contributed by atoms with E-state index in [1.54, 1.807) is 0 Å². The van der Waals surface area contributed by atoms with E-state index in [-0.39, 0.29) is 4.31 Å². The van der Waals surface area contributed by atoms with E-state index in [0.717, 1.165) is 0 Å². The highest BCUT2D eigenvalue weighted by Crippen LogP contribution is 1.84. The predicted molar refractivity (Wildman–Crippen MR) is 38.6 cm³/mol. The molecule has 7 heteroatoms. The highest BCUT2D eigenvalue weighted by Gasteiger charge is 2.12. The Labute approximate surface area is 67.3 Å². The van der Waals surface area contributed by atoms with Gasteiger partial charge in [-0.15, -0.1) is 0 Å². The van der Waals surface area contributed by atoms with Gasteiger partial charge >= 0.3 is 11.9 Å². The second-order valence-corrected chi connectivity index (χ2v) is 2.03. The third-order valence-corrected chi connectivity index (χ3v) is 1.23. The van der Waals surface area contributed by atoms with Crippen LogP contribution in [-0.4, -0.2) is 26.4 Å². The topological polar surface area (TPSA) is 83.6 Å². The number of hydrogen-bond donors (Lipinski definition) is 2. The van der Waals surface area contributed by atoms with Gasteiger partial charge in [-0.05, 0) is 12.2 Å². The van der Waals surface area contributed by atoms with Crippen molar-refractivity contribution in [1.29, 1.82) is 0 Å². The highest BCUT2D eigenvalue weighted by molar-refractivity contribution is 7.81. The first kappa shape index (κ1) is 9.18. The summed E-state index contributed by atoms with van der Waals surface area (Å²) < 4.78 is 0.262. The maximum absolute atomic E-state index is 10.3. The van der Waals surface area contributed by atoms with Crippen molar-refractivity contribution in [2.45, 2.75) is 0 Å². The van der Waals surface area contributed by atoms with Crippen LogP contribution in [0, 0.1) is 0 Å². The van der Waals surface area contributed by atoms with Crippen LogP contribution in [0.2, 0.25) is 0 Å². The zero-order valence-electron chi connectivity index (χ0n) is 4.60. The van der Waals surface area contributed by atoms with Crippen LogP contribution in [0.4, 0.5) is 0 Å². The van der Waals surface area contributed by atoms with Crippen molar-refractivity contribution in [3.05, 3.63) is 0 Å². The number of nitrogens with zero attached hydrogens (tertiary/aromatic N) is 1. The minimum absolute atomic E-state index is 0.262. The molecule has 56 valence electrons. The van der Waals surface area contributed by atoms with E-state index in [1.165, 1.54) is 0 Å². The molecule has 0 atom stereocenters. The Kier molecular flexibility index (Phi) is 3.10. The zero-order chi connectivity index (χ0) is 8.31. The summed E-state index contributed by atoms with van der Waals surface area (Å²) in [6, 6.07) is 0. The molecule has 0 aliphatic rings. The maximum Gasteiger partial charge on any atom is 0.393 e. The van der Waals surface area contributed by atoms with Crippen molar-refractivity contribution in [1.82, 2.24) is 4.31 Å². The molecule has 5 nitrogen and oxygen atoms in total. The van der Waals surface area contributed by atoms with E-state index in [2.05, 4.69) is 25.0 Å². The Hall–Kier alpha value is -0.820. The lowest BCUT2D eigenvalue weighted by Gasteiger charge is -2.24. The lowest BCUT2D eigenvalue weighted by atomic mass is 10.6. The number of carbonyl (C=O) groups excluding carboxylic acids is 1. The standard InChI is InChI=1S/C3H3N2O3S2/c4-3(9)5(10)1(6)2(7)8/h(H2,4,9)(H,7,8)/q-1. The molecule has 0 aromatic rings. The molecule has 0 unspecified atom stereocenters. The lowest BCUT2D eigenvalue weighted by Crippen LogP contribution is -2.39. The van der Waals surface area contributed by atoms with Crippen molar-refractivity contribution in [2.75, 3.05) is 0 Å². The molecule has 0 spiro atoms. The highest BCUT2D eigenvalue weighted by atomic mass is 32.1. The number of rotatable bonds is 0. The van der Waals surface area contributed by atoms with Crippen LogP contribution in [0.15, 0.2) is 0 Å². The van der Waals surface area contributed by atoms with Gasteiger partial charge in [0.05, 0.1) is 0 Å². The molecule has 1 amide bonds. The summed E-state index contributed by atoms with van der Waals surface area (Å²) in [4.78, 5) is 20.2. The van der Waals surface area contributed by atoms with Crippen LogP contribution in [-0.2, 0) is 22.4 Å². The third kappa shape index (κ3) is 2.19. The smallest absolute Gasteiger partial charge is 0.393 e. The van der Waals surface area contributed by atoms with E-state index in [9.17, 15) is 9.59 Å². The van der Waals surface area contributed by atoms with Crippen molar-refractivity contribution in [3.63, 3.8) is 0 Å². The van der Waals surface area contributed by atoms with Gasteiger partial charge < -0.3 is 28.0 Å².